The van der Waals surface area contributed by atoms with Crippen LogP contribution >= 0.6 is 22.6 Å². The van der Waals surface area contributed by atoms with Gasteiger partial charge in [0.1, 0.15) is 12.4 Å². The largest absolute Gasteiger partial charge is 0.468 e. The standard InChI is InChI=1S/C11H11IO2/c1-10-4-2-5-11(8-10)14-9-13-7-3-6-12/h2,4-5,8H,7,9H2,1H3. The van der Waals surface area contributed by atoms with Crippen LogP contribution in [0.25, 0.3) is 0 Å². The van der Waals surface area contributed by atoms with Crippen molar-refractivity contribution in [1.82, 2.24) is 0 Å². The van der Waals surface area contributed by atoms with E-state index in [1.165, 1.54) is 5.56 Å². The molecule has 0 aliphatic heterocycles. The van der Waals surface area contributed by atoms with Crippen LogP contribution in [0, 0.1) is 16.8 Å². The number of ether oxygens (including phenoxy) is 2. The molecule has 0 saturated heterocycles. The maximum atomic E-state index is 5.34. The van der Waals surface area contributed by atoms with Gasteiger partial charge in [0.05, 0.1) is 0 Å². The molecule has 0 bridgehead atoms. The zero-order valence-electron chi connectivity index (χ0n) is 7.92. The van der Waals surface area contributed by atoms with Gasteiger partial charge in [0.2, 0.25) is 0 Å². The fraction of sp³-hybridized carbons (Fsp3) is 0.273. The van der Waals surface area contributed by atoms with Crippen LogP contribution in [0.15, 0.2) is 24.3 Å². The van der Waals surface area contributed by atoms with E-state index < -0.39 is 0 Å². The van der Waals surface area contributed by atoms with Gasteiger partial charge in [-0.05, 0) is 28.5 Å². The zero-order chi connectivity index (χ0) is 10.2. The summed E-state index contributed by atoms with van der Waals surface area (Å²) in [5, 5.41) is 0. The Morgan fingerprint density at radius 3 is 3.00 bits per heavy atom. The molecule has 74 valence electrons. The predicted molar refractivity (Wildman–Crippen MR) is 64.4 cm³/mol. The summed E-state index contributed by atoms with van der Waals surface area (Å²) in [7, 11) is 0. The van der Waals surface area contributed by atoms with Crippen LogP contribution in [-0.2, 0) is 4.74 Å². The van der Waals surface area contributed by atoms with Crippen molar-refractivity contribution in [2.45, 2.75) is 6.92 Å². The average molecular weight is 302 g/mol. The highest BCUT2D eigenvalue weighted by Gasteiger charge is 1.92. The minimum atomic E-state index is 0.245. The fourth-order valence-electron chi connectivity index (χ4n) is 0.935. The predicted octanol–water partition coefficient (Wildman–Crippen LogP) is 2.74. The van der Waals surface area contributed by atoms with Crippen LogP contribution in [0.4, 0.5) is 0 Å². The van der Waals surface area contributed by atoms with Gasteiger partial charge < -0.3 is 9.47 Å². The molecular weight excluding hydrogens is 291 g/mol. The molecule has 0 N–H and O–H groups in total. The first kappa shape index (κ1) is 11.3. The van der Waals surface area contributed by atoms with Crippen LogP contribution in [0.5, 0.6) is 5.75 Å². The molecule has 1 rings (SSSR count). The number of hydrogen-bond donors (Lipinski definition) is 0. The van der Waals surface area contributed by atoms with E-state index in [2.05, 4.69) is 9.85 Å². The quantitative estimate of drug-likeness (QED) is 0.368. The minimum absolute atomic E-state index is 0.245. The second-order valence-corrected chi connectivity index (χ2v) is 3.24. The van der Waals surface area contributed by atoms with Crippen molar-refractivity contribution in [3.63, 3.8) is 0 Å². The number of aryl methyl sites for hydroxylation is 1. The summed E-state index contributed by atoms with van der Waals surface area (Å²) in [5.74, 6) is 3.61. The summed E-state index contributed by atoms with van der Waals surface area (Å²) in [5.41, 5.74) is 1.18. The number of rotatable bonds is 4. The lowest BCUT2D eigenvalue weighted by Crippen LogP contribution is -2.02. The smallest absolute Gasteiger partial charge is 0.190 e. The zero-order valence-corrected chi connectivity index (χ0v) is 10.1. The summed E-state index contributed by atoms with van der Waals surface area (Å²) in [6.45, 7) is 2.68. The van der Waals surface area contributed by atoms with Gasteiger partial charge in [-0.1, -0.05) is 18.1 Å². The number of halogens is 1. The van der Waals surface area contributed by atoms with Gasteiger partial charge in [-0.3, -0.25) is 0 Å². The topological polar surface area (TPSA) is 18.5 Å². The molecule has 0 aliphatic rings. The van der Waals surface area contributed by atoms with Crippen molar-refractivity contribution >= 4 is 22.6 Å². The Bertz CT molecular complexity index is 339. The van der Waals surface area contributed by atoms with Gasteiger partial charge in [0.15, 0.2) is 6.79 Å². The van der Waals surface area contributed by atoms with Crippen molar-refractivity contribution in [3.8, 4) is 15.6 Å². The Morgan fingerprint density at radius 1 is 1.43 bits per heavy atom. The third kappa shape index (κ3) is 4.49. The van der Waals surface area contributed by atoms with E-state index in [9.17, 15) is 0 Å². The highest BCUT2D eigenvalue weighted by Crippen LogP contribution is 2.11. The molecule has 1 aromatic carbocycles. The molecule has 1 aromatic rings. The molecule has 3 heteroatoms. The maximum absolute atomic E-state index is 5.34. The van der Waals surface area contributed by atoms with Crippen LogP contribution < -0.4 is 4.74 Å². The molecule has 0 amide bonds. The van der Waals surface area contributed by atoms with Crippen molar-refractivity contribution in [1.29, 1.82) is 0 Å². The van der Waals surface area contributed by atoms with E-state index in [-0.39, 0.29) is 6.79 Å². The van der Waals surface area contributed by atoms with E-state index in [1.54, 1.807) is 0 Å². The lowest BCUT2D eigenvalue weighted by atomic mass is 10.2. The molecule has 14 heavy (non-hydrogen) atoms. The normalized spacial score (nSPS) is 9.00. The van der Waals surface area contributed by atoms with Crippen LogP contribution in [0.1, 0.15) is 5.56 Å². The van der Waals surface area contributed by atoms with Crippen molar-refractivity contribution in [3.05, 3.63) is 29.8 Å². The average Bonchev–Trinajstić information content (AvgIpc) is 2.18. The molecule has 0 unspecified atom stereocenters. The molecule has 0 saturated carbocycles. The van der Waals surface area contributed by atoms with E-state index in [0.717, 1.165) is 5.75 Å². The second-order valence-electron chi connectivity index (χ2n) is 2.70. The fourth-order valence-corrected chi connectivity index (χ4v) is 1.09. The lowest BCUT2D eigenvalue weighted by molar-refractivity contribution is 0.0333. The van der Waals surface area contributed by atoms with Gasteiger partial charge in [0, 0.05) is 22.6 Å². The molecule has 0 fully saturated rings. The summed E-state index contributed by atoms with van der Waals surface area (Å²) < 4.78 is 13.2. The van der Waals surface area contributed by atoms with E-state index in [4.69, 9.17) is 9.47 Å². The highest BCUT2D eigenvalue weighted by molar-refractivity contribution is 14.1. The molecule has 0 aromatic heterocycles. The third-order valence-electron chi connectivity index (χ3n) is 1.54. The molecule has 0 radical (unpaired) electrons. The van der Waals surface area contributed by atoms with E-state index in [1.807, 2.05) is 53.8 Å². The van der Waals surface area contributed by atoms with Gasteiger partial charge in [-0.15, -0.1) is 0 Å². The van der Waals surface area contributed by atoms with Crippen molar-refractivity contribution < 1.29 is 9.47 Å². The monoisotopic (exact) mass is 302 g/mol. The molecule has 2 nitrogen and oxygen atoms in total. The summed E-state index contributed by atoms with van der Waals surface area (Å²) in [6, 6.07) is 7.85. The van der Waals surface area contributed by atoms with Crippen LogP contribution in [0.3, 0.4) is 0 Å². The Balaban J connectivity index is 2.27. The second kappa shape index (κ2) is 6.68. The summed E-state index contributed by atoms with van der Waals surface area (Å²) >= 11 is 1.97. The molecule has 0 atom stereocenters. The Morgan fingerprint density at radius 2 is 2.29 bits per heavy atom. The van der Waals surface area contributed by atoms with Gasteiger partial charge >= 0.3 is 0 Å². The summed E-state index contributed by atoms with van der Waals surface area (Å²) in [6.07, 6.45) is 0. The first-order chi connectivity index (χ1) is 6.83. The van der Waals surface area contributed by atoms with Crippen molar-refractivity contribution in [2.24, 2.45) is 0 Å². The van der Waals surface area contributed by atoms with Crippen LogP contribution in [-0.4, -0.2) is 13.4 Å². The Hall–Kier alpha value is -0.730. The Labute approximate surface area is 97.7 Å². The first-order valence-electron chi connectivity index (χ1n) is 4.18. The maximum Gasteiger partial charge on any atom is 0.190 e. The van der Waals surface area contributed by atoms with Crippen molar-refractivity contribution in [2.75, 3.05) is 13.4 Å². The molecule has 0 heterocycles. The van der Waals surface area contributed by atoms with Crippen LogP contribution in [0.2, 0.25) is 0 Å². The SMILES string of the molecule is Cc1cccc(OCOCC#CI)c1. The van der Waals surface area contributed by atoms with Gasteiger partial charge in [0.25, 0.3) is 0 Å². The van der Waals surface area contributed by atoms with E-state index >= 15 is 0 Å². The lowest BCUT2D eigenvalue weighted by Gasteiger charge is -2.05. The van der Waals surface area contributed by atoms with Gasteiger partial charge in [-0.2, -0.15) is 0 Å². The highest BCUT2D eigenvalue weighted by atomic mass is 127. The number of hydrogen-bond acceptors (Lipinski definition) is 2. The first-order valence-corrected chi connectivity index (χ1v) is 5.26. The third-order valence-corrected chi connectivity index (χ3v) is 1.92. The van der Waals surface area contributed by atoms with E-state index in [0.29, 0.717) is 6.61 Å². The molecular formula is C11H11IO2. The molecule has 0 spiro atoms. The van der Waals surface area contributed by atoms with Gasteiger partial charge in [-0.25, -0.2) is 0 Å². The summed E-state index contributed by atoms with van der Waals surface area (Å²) in [4.78, 5) is 0. The number of benzene rings is 1. The minimum Gasteiger partial charge on any atom is -0.468 e. The Kier molecular flexibility index (Phi) is 5.42. The molecule has 0 aliphatic carbocycles.